The lowest BCUT2D eigenvalue weighted by atomic mass is 10.1. The number of aryl methyl sites for hydroxylation is 3. The molecule has 4 N–H and O–H groups in total. The topological polar surface area (TPSA) is 158 Å². The molecule has 13 nitrogen and oxygen atoms in total. The molecule has 0 aromatic heterocycles. The van der Waals surface area contributed by atoms with Crippen molar-refractivity contribution in [1.82, 2.24) is 4.90 Å². The molecule has 582 valence electrons. The molecular weight excluding hydrogens is 1190 g/mol. The van der Waals surface area contributed by atoms with Crippen LogP contribution < -0.4 is 0 Å². The quantitative estimate of drug-likeness (QED) is 0.0653. The van der Waals surface area contributed by atoms with Crippen molar-refractivity contribution in [2.24, 2.45) is 0 Å². The van der Waals surface area contributed by atoms with Crippen LogP contribution in [0.4, 0.5) is 0 Å². The van der Waals surface area contributed by atoms with E-state index in [1.54, 1.807) is 70.7 Å². The molecular formula is C82H177NO12. The Morgan fingerprint density at radius 1 is 0.347 bits per heavy atom. The predicted octanol–water partition coefficient (Wildman–Crippen LogP) is 22.7. The molecule has 95 heavy (non-hydrogen) atoms. The fourth-order valence-electron chi connectivity index (χ4n) is 4.41. The van der Waals surface area contributed by atoms with E-state index < -0.39 is 0 Å². The second-order valence-corrected chi connectivity index (χ2v) is 17.5. The van der Waals surface area contributed by atoms with E-state index in [9.17, 15) is 0 Å². The van der Waals surface area contributed by atoms with Crippen LogP contribution in [0.2, 0.25) is 0 Å². The Kier molecular flexibility index (Phi) is 218. The van der Waals surface area contributed by atoms with E-state index >= 15 is 0 Å². The van der Waals surface area contributed by atoms with Gasteiger partial charge in [0.15, 0.2) is 0 Å². The highest BCUT2D eigenvalue weighted by molar-refractivity contribution is 5.85. The molecule has 0 aliphatic rings. The number of hydrogen-bond acceptors (Lipinski definition) is 13. The number of nitrogens with zero attached hydrogens (tertiary/aromatic N) is 1. The smallest absolute Gasteiger partial charge is 0.0773 e. The maximum absolute atomic E-state index is 8.21. The zero-order valence-corrected chi connectivity index (χ0v) is 64.6. The third-order valence-corrected chi connectivity index (χ3v) is 8.88. The monoisotopic (exact) mass is 1370 g/mol. The van der Waals surface area contributed by atoms with Gasteiger partial charge in [0.05, 0.1) is 31.5 Å². The molecule has 0 aliphatic carbocycles. The maximum Gasteiger partial charge on any atom is 0.0773 e. The molecule has 0 radical (unpaired) electrons. The molecule has 0 saturated carbocycles. The summed E-state index contributed by atoms with van der Waals surface area (Å²) >= 11 is 0. The summed E-state index contributed by atoms with van der Waals surface area (Å²) in [6, 6.07) is 40.0. The second kappa shape index (κ2) is 146. The number of hydrogen-bond donors (Lipinski definition) is 4. The van der Waals surface area contributed by atoms with Crippen LogP contribution in [0.15, 0.2) is 115 Å². The van der Waals surface area contributed by atoms with Crippen LogP contribution >= 0.6 is 0 Å². The van der Waals surface area contributed by atoms with E-state index in [1.807, 2.05) is 141 Å². The second-order valence-electron chi connectivity index (χ2n) is 17.5. The number of methoxy groups -OCH3 is 8. The Hall–Kier alpha value is -3.90. The Labute approximate surface area is 598 Å². The van der Waals surface area contributed by atoms with Gasteiger partial charge in [0.2, 0.25) is 0 Å². The van der Waals surface area contributed by atoms with Crippen LogP contribution in [0, 0.1) is 20.8 Å². The van der Waals surface area contributed by atoms with Gasteiger partial charge in [-0.2, -0.15) is 0 Å². The van der Waals surface area contributed by atoms with Crippen LogP contribution in [-0.4, -0.2) is 181 Å². The lowest BCUT2D eigenvalue weighted by molar-refractivity contribution is 0.0623. The molecule has 5 aromatic rings. The molecule has 0 spiro atoms. The minimum absolute atomic E-state index is 0. The lowest BCUT2D eigenvalue weighted by Crippen LogP contribution is -2.08. The van der Waals surface area contributed by atoms with Gasteiger partial charge in [-0.05, 0) is 129 Å². The lowest BCUT2D eigenvalue weighted by Gasteiger charge is -2.00. The highest BCUT2D eigenvalue weighted by atomic mass is 16.5. The Bertz CT molecular complexity index is 1720. The van der Waals surface area contributed by atoms with Crippen molar-refractivity contribution in [1.29, 1.82) is 0 Å². The standard InChI is InChI=1S/2C11H10.C7H8.4C4H10O2.4C4H10O.C3H9N.6C2H6.6CH4/c1-9-5-4-7-10-6-2-3-8-11(9)10;1-9-6-7-10-4-2-3-5-11(10)8-9;1-7-5-3-2-4-6-7;2*1-4(3-5)6-2;2*1-6-4-2-3-5;1-4(2)5-3;3*1-3-4-5-2;1-4(2)3;6*1-2;;;;;;/h2*2-8H,1H3;2-6H,1H3;2*4-5H,3H2,1-2H3;2*5H,2-4H2,1H3;4H,1-3H3;3*3-4H2,1-2H3;1-3H3;6*1-2H3;6*1H4. The summed E-state index contributed by atoms with van der Waals surface area (Å²) in [5.74, 6) is 0. The van der Waals surface area contributed by atoms with Gasteiger partial charge in [0, 0.05) is 103 Å². The first kappa shape index (κ1) is 142. The van der Waals surface area contributed by atoms with Crippen molar-refractivity contribution in [2.45, 2.75) is 247 Å². The third kappa shape index (κ3) is 155. The largest absolute Gasteiger partial charge is 0.396 e. The van der Waals surface area contributed by atoms with Crippen molar-refractivity contribution >= 4 is 21.5 Å². The van der Waals surface area contributed by atoms with Crippen molar-refractivity contribution in [3.05, 3.63) is 132 Å². The van der Waals surface area contributed by atoms with E-state index in [0.29, 0.717) is 19.3 Å². The van der Waals surface area contributed by atoms with Crippen LogP contribution in [0.5, 0.6) is 0 Å². The summed E-state index contributed by atoms with van der Waals surface area (Å²) in [6.45, 7) is 48.9. The summed E-state index contributed by atoms with van der Waals surface area (Å²) in [5.41, 5.74) is 3.99. The van der Waals surface area contributed by atoms with Gasteiger partial charge in [0.1, 0.15) is 0 Å². The first-order valence-corrected chi connectivity index (χ1v) is 32.8. The molecule has 5 rings (SSSR count). The third-order valence-electron chi connectivity index (χ3n) is 8.88. The number of aliphatic hydroxyl groups excluding tert-OH is 4. The zero-order valence-electron chi connectivity index (χ0n) is 64.6. The Morgan fingerprint density at radius 3 is 0.842 bits per heavy atom. The summed E-state index contributed by atoms with van der Waals surface area (Å²) in [5, 5.41) is 38.0. The Morgan fingerprint density at radius 2 is 0.632 bits per heavy atom. The molecule has 13 heteroatoms. The fourth-order valence-corrected chi connectivity index (χ4v) is 4.41. The normalized spacial score (nSPS) is 8.58. The number of ether oxygens (including phenoxy) is 8. The van der Waals surface area contributed by atoms with Gasteiger partial charge in [-0.25, -0.2) is 0 Å². The zero-order chi connectivity index (χ0) is 72.3. The first-order valence-electron chi connectivity index (χ1n) is 32.8. The van der Waals surface area contributed by atoms with Crippen LogP contribution in [0.3, 0.4) is 0 Å². The molecule has 2 unspecified atom stereocenters. The highest BCUT2D eigenvalue weighted by Crippen LogP contribution is 2.17. The van der Waals surface area contributed by atoms with Crippen molar-refractivity contribution in [3.63, 3.8) is 0 Å². The molecule has 0 heterocycles. The Balaban J connectivity index is -0.0000000387. The molecule has 0 aliphatic heterocycles. The first-order chi connectivity index (χ1) is 42.8. The summed E-state index contributed by atoms with van der Waals surface area (Å²) in [6.07, 6.45) is 5.22. The SMILES string of the molecule is C.C.C.C.C.C.CC.CC.CC.CC.CC.CC.CCCOC.CCCOC.CCCOC.CN(C)C.COC(C)C.COC(C)CO.COC(C)CO.COCCCO.COCCCO.Cc1ccc2ccccc2c1.Cc1cccc2ccccc12.Cc1ccccc1. The summed E-state index contributed by atoms with van der Waals surface area (Å²) in [4.78, 5) is 2.00. The van der Waals surface area contributed by atoms with Gasteiger partial charge in [0.25, 0.3) is 0 Å². The number of aliphatic hydroxyl groups is 4. The fraction of sp³-hybridized carbons (Fsp3) is 0.683. The van der Waals surface area contributed by atoms with Crippen molar-refractivity contribution < 1.29 is 58.3 Å². The number of benzene rings is 5. The van der Waals surface area contributed by atoms with E-state index in [2.05, 4.69) is 158 Å². The molecule has 2 atom stereocenters. The average molecular weight is 1370 g/mol. The van der Waals surface area contributed by atoms with E-state index in [0.717, 1.165) is 51.9 Å². The maximum atomic E-state index is 8.21. The van der Waals surface area contributed by atoms with E-state index in [4.69, 9.17) is 39.4 Å². The summed E-state index contributed by atoms with van der Waals surface area (Å²) < 4.78 is 37.4. The minimum atomic E-state index is -0.00926. The van der Waals surface area contributed by atoms with E-state index in [1.165, 1.54) is 38.2 Å². The highest BCUT2D eigenvalue weighted by Gasteiger charge is 1.93. The van der Waals surface area contributed by atoms with Crippen molar-refractivity contribution in [3.8, 4) is 0 Å². The average Bonchev–Trinajstić information content (AvgIpc) is 0.925. The van der Waals surface area contributed by atoms with Crippen molar-refractivity contribution in [2.75, 3.05) is 137 Å². The van der Waals surface area contributed by atoms with E-state index in [-0.39, 0.29) is 83.2 Å². The molecule has 0 bridgehead atoms. The van der Waals surface area contributed by atoms with Crippen LogP contribution in [0.1, 0.15) is 225 Å². The predicted molar refractivity (Wildman–Crippen MR) is 440 cm³/mol. The van der Waals surface area contributed by atoms with Gasteiger partial charge in [-0.3, -0.25) is 0 Å². The van der Waals surface area contributed by atoms with Gasteiger partial charge in [-0.15, -0.1) is 0 Å². The van der Waals surface area contributed by atoms with Gasteiger partial charge in [-0.1, -0.05) is 275 Å². The molecule has 0 saturated heterocycles. The number of fused-ring (bicyclic) bond motifs is 2. The molecule has 0 fully saturated rings. The summed E-state index contributed by atoms with van der Waals surface area (Å²) in [7, 11) is 19.2. The minimum Gasteiger partial charge on any atom is -0.396 e. The number of rotatable bonds is 17. The van der Waals surface area contributed by atoms with Crippen LogP contribution in [0.25, 0.3) is 21.5 Å². The van der Waals surface area contributed by atoms with Crippen LogP contribution in [-0.2, 0) is 37.9 Å². The van der Waals surface area contributed by atoms with Gasteiger partial charge >= 0.3 is 0 Å². The molecule has 0 amide bonds. The molecule has 5 aromatic carbocycles. The van der Waals surface area contributed by atoms with Gasteiger partial charge < -0.3 is 63.2 Å².